The van der Waals surface area contributed by atoms with Gasteiger partial charge in [-0.15, -0.1) is 0 Å². The highest BCUT2D eigenvalue weighted by atomic mass is 16.4. The number of carbonyl (C=O) groups excluding carboxylic acids is 1. The topological polar surface area (TPSA) is 113 Å². The van der Waals surface area contributed by atoms with Crippen molar-refractivity contribution in [2.24, 2.45) is 0 Å². The number of carboxylic acids is 2. The van der Waals surface area contributed by atoms with E-state index in [1.807, 2.05) is 30.3 Å². The lowest BCUT2D eigenvalue weighted by atomic mass is 10.0. The van der Waals surface area contributed by atoms with E-state index in [0.717, 1.165) is 5.56 Å². The Hall–Kier alpha value is -3.94. The van der Waals surface area contributed by atoms with E-state index in [-0.39, 0.29) is 22.7 Å². The summed E-state index contributed by atoms with van der Waals surface area (Å²) < 4.78 is 1.75. The molecule has 8 heteroatoms. The molecule has 1 aliphatic rings. The van der Waals surface area contributed by atoms with Crippen LogP contribution in [0.3, 0.4) is 0 Å². The van der Waals surface area contributed by atoms with Gasteiger partial charge in [-0.3, -0.25) is 4.79 Å². The molecule has 1 unspecified atom stereocenters. The minimum atomic E-state index is -1.13. The van der Waals surface area contributed by atoms with Gasteiger partial charge in [0, 0.05) is 24.8 Å². The maximum atomic E-state index is 13.3. The summed E-state index contributed by atoms with van der Waals surface area (Å²) in [5, 5.41) is 18.5. The summed E-state index contributed by atoms with van der Waals surface area (Å²) >= 11 is 0. The minimum absolute atomic E-state index is 0.0267. The van der Waals surface area contributed by atoms with Crippen LogP contribution in [0.15, 0.2) is 60.8 Å². The van der Waals surface area contributed by atoms with Gasteiger partial charge in [0.15, 0.2) is 5.69 Å². The molecule has 0 saturated heterocycles. The number of aromatic nitrogens is 2. The molecule has 8 nitrogen and oxygen atoms in total. The van der Waals surface area contributed by atoms with Gasteiger partial charge in [-0.1, -0.05) is 36.4 Å². The average molecular weight is 391 g/mol. The summed E-state index contributed by atoms with van der Waals surface area (Å²) in [6.45, 7) is 0.724. The summed E-state index contributed by atoms with van der Waals surface area (Å²) in [7, 11) is 0. The minimum Gasteiger partial charge on any atom is -0.478 e. The number of carbonyl (C=O) groups is 3. The van der Waals surface area contributed by atoms with Gasteiger partial charge in [0.25, 0.3) is 5.91 Å². The summed E-state index contributed by atoms with van der Waals surface area (Å²) in [5.41, 5.74) is 0.991. The molecule has 3 aromatic rings. The quantitative estimate of drug-likeness (QED) is 0.707. The van der Waals surface area contributed by atoms with Gasteiger partial charge in [0.1, 0.15) is 11.9 Å². The maximum absolute atomic E-state index is 13.3. The summed E-state index contributed by atoms with van der Waals surface area (Å²) in [5.74, 6) is -2.12. The second kappa shape index (κ2) is 7.23. The Balaban J connectivity index is 1.79. The number of amides is 1. The van der Waals surface area contributed by atoms with Crippen LogP contribution in [0.5, 0.6) is 0 Å². The van der Waals surface area contributed by atoms with Gasteiger partial charge >= 0.3 is 11.9 Å². The first-order valence-corrected chi connectivity index (χ1v) is 8.95. The number of benzene rings is 2. The normalized spacial score (nSPS) is 15.6. The van der Waals surface area contributed by atoms with Crippen LogP contribution in [0.1, 0.15) is 48.6 Å². The zero-order valence-electron chi connectivity index (χ0n) is 15.2. The van der Waals surface area contributed by atoms with E-state index in [4.69, 9.17) is 0 Å². The maximum Gasteiger partial charge on any atom is 0.356 e. The number of imidazole rings is 1. The largest absolute Gasteiger partial charge is 0.478 e. The monoisotopic (exact) mass is 391 g/mol. The molecular formula is C21H17N3O5. The zero-order chi connectivity index (χ0) is 20.5. The van der Waals surface area contributed by atoms with Gasteiger partial charge in [0.2, 0.25) is 0 Å². The number of hydrogen-bond acceptors (Lipinski definition) is 4. The van der Waals surface area contributed by atoms with Crippen LogP contribution in [0, 0.1) is 0 Å². The molecule has 0 radical (unpaired) electrons. The van der Waals surface area contributed by atoms with Crippen molar-refractivity contribution >= 4 is 17.8 Å². The van der Waals surface area contributed by atoms with Crippen molar-refractivity contribution in [3.8, 4) is 0 Å². The summed E-state index contributed by atoms with van der Waals surface area (Å²) in [4.78, 5) is 41.8. The van der Waals surface area contributed by atoms with E-state index in [1.54, 1.807) is 15.5 Å². The average Bonchev–Trinajstić information content (AvgIpc) is 3.18. The Morgan fingerprint density at radius 1 is 0.897 bits per heavy atom. The second-order valence-corrected chi connectivity index (χ2v) is 6.68. The van der Waals surface area contributed by atoms with Crippen LogP contribution >= 0.6 is 0 Å². The Bertz CT molecular complexity index is 1110. The third-order valence-electron chi connectivity index (χ3n) is 4.90. The molecule has 29 heavy (non-hydrogen) atoms. The molecule has 2 heterocycles. The SMILES string of the molecule is O=C(O)c1cccc(C(=O)N2CCn3cc(C(=O)O)nc3C2c2ccccc2)c1. The van der Waals surface area contributed by atoms with Crippen LogP contribution in [-0.4, -0.2) is 49.1 Å². The third kappa shape index (κ3) is 3.36. The van der Waals surface area contributed by atoms with E-state index >= 15 is 0 Å². The summed E-state index contributed by atoms with van der Waals surface area (Å²) in [6.07, 6.45) is 1.47. The molecule has 4 rings (SSSR count). The number of carboxylic acid groups (broad SMARTS) is 2. The van der Waals surface area contributed by atoms with Crippen LogP contribution in [0.4, 0.5) is 0 Å². The van der Waals surface area contributed by atoms with Gasteiger partial charge in [-0.25, -0.2) is 14.6 Å². The Labute approximate surface area is 165 Å². The van der Waals surface area contributed by atoms with E-state index in [0.29, 0.717) is 18.9 Å². The van der Waals surface area contributed by atoms with Crippen molar-refractivity contribution in [1.82, 2.24) is 14.5 Å². The highest BCUT2D eigenvalue weighted by Gasteiger charge is 2.35. The molecular weight excluding hydrogens is 374 g/mol. The van der Waals surface area contributed by atoms with Crippen molar-refractivity contribution < 1.29 is 24.6 Å². The lowest BCUT2D eigenvalue weighted by Crippen LogP contribution is -2.42. The standard InChI is InChI=1S/C21H17N3O5/c25-19(14-7-4-8-15(11-14)20(26)27)24-10-9-23-12-16(21(28)29)22-18(23)17(24)13-5-2-1-3-6-13/h1-8,11-12,17H,9-10H2,(H,26,27)(H,28,29). The molecule has 0 fully saturated rings. The first kappa shape index (κ1) is 18.4. The molecule has 0 bridgehead atoms. The predicted octanol–water partition coefficient (Wildman–Crippen LogP) is 2.52. The Morgan fingerprint density at radius 3 is 2.31 bits per heavy atom. The number of rotatable bonds is 4. The summed E-state index contributed by atoms with van der Waals surface area (Å²) in [6, 6.07) is 14.5. The number of aromatic carboxylic acids is 2. The van der Waals surface area contributed by atoms with Crippen LogP contribution < -0.4 is 0 Å². The second-order valence-electron chi connectivity index (χ2n) is 6.68. The number of fused-ring (bicyclic) bond motifs is 1. The van der Waals surface area contributed by atoms with Crippen molar-refractivity contribution in [3.05, 3.63) is 89.0 Å². The lowest BCUT2D eigenvalue weighted by molar-refractivity contribution is 0.0658. The van der Waals surface area contributed by atoms with E-state index < -0.39 is 18.0 Å². The van der Waals surface area contributed by atoms with Crippen LogP contribution in [-0.2, 0) is 6.54 Å². The zero-order valence-corrected chi connectivity index (χ0v) is 15.2. The predicted molar refractivity (Wildman–Crippen MR) is 102 cm³/mol. The lowest BCUT2D eigenvalue weighted by Gasteiger charge is -2.36. The molecule has 2 N–H and O–H groups in total. The molecule has 0 aliphatic carbocycles. The fourth-order valence-corrected chi connectivity index (χ4v) is 3.55. The van der Waals surface area contributed by atoms with Gasteiger partial charge in [-0.05, 0) is 23.8 Å². The third-order valence-corrected chi connectivity index (χ3v) is 4.90. The fraction of sp³-hybridized carbons (Fsp3) is 0.143. The molecule has 146 valence electrons. The Morgan fingerprint density at radius 2 is 1.62 bits per heavy atom. The molecule has 1 aromatic heterocycles. The van der Waals surface area contributed by atoms with Crippen LogP contribution in [0.25, 0.3) is 0 Å². The Kier molecular flexibility index (Phi) is 4.59. The van der Waals surface area contributed by atoms with Gasteiger partial charge in [-0.2, -0.15) is 0 Å². The number of nitrogens with zero attached hydrogens (tertiary/aromatic N) is 3. The van der Waals surface area contributed by atoms with E-state index in [9.17, 15) is 24.6 Å². The molecule has 0 saturated carbocycles. The molecule has 1 amide bonds. The fourth-order valence-electron chi connectivity index (χ4n) is 3.55. The first-order valence-electron chi connectivity index (χ1n) is 8.95. The molecule has 2 aromatic carbocycles. The first-order chi connectivity index (χ1) is 14.0. The van der Waals surface area contributed by atoms with Crippen molar-refractivity contribution in [3.63, 3.8) is 0 Å². The van der Waals surface area contributed by atoms with Crippen LogP contribution in [0.2, 0.25) is 0 Å². The smallest absolute Gasteiger partial charge is 0.356 e. The molecule has 1 aliphatic heterocycles. The van der Waals surface area contributed by atoms with Crippen molar-refractivity contribution in [2.75, 3.05) is 6.54 Å². The van der Waals surface area contributed by atoms with Crippen molar-refractivity contribution in [1.29, 1.82) is 0 Å². The van der Waals surface area contributed by atoms with Gasteiger partial charge < -0.3 is 19.7 Å². The molecule has 1 atom stereocenters. The van der Waals surface area contributed by atoms with Crippen molar-refractivity contribution in [2.45, 2.75) is 12.6 Å². The molecule has 0 spiro atoms. The van der Waals surface area contributed by atoms with E-state index in [1.165, 1.54) is 24.4 Å². The number of hydrogen-bond donors (Lipinski definition) is 2. The van der Waals surface area contributed by atoms with Gasteiger partial charge in [0.05, 0.1) is 5.56 Å². The highest BCUT2D eigenvalue weighted by molar-refractivity contribution is 5.98. The van der Waals surface area contributed by atoms with E-state index in [2.05, 4.69) is 4.98 Å². The highest BCUT2D eigenvalue weighted by Crippen LogP contribution is 2.32.